The molecule has 1 heterocycles. The van der Waals surface area contributed by atoms with Gasteiger partial charge in [-0.05, 0) is 56.3 Å². The number of likely N-dealkylation sites (tertiary alicyclic amines) is 1. The van der Waals surface area contributed by atoms with E-state index in [0.29, 0.717) is 13.2 Å². The summed E-state index contributed by atoms with van der Waals surface area (Å²) in [6, 6.07) is 6.40. The number of nitrogens with zero attached hydrogens (tertiary/aromatic N) is 1. The van der Waals surface area contributed by atoms with Gasteiger partial charge in [-0.15, -0.1) is 0 Å². The van der Waals surface area contributed by atoms with Crippen molar-refractivity contribution in [2.24, 2.45) is 5.73 Å². The smallest absolute Gasteiger partial charge is 0.233 e. The molecule has 3 rings (SSSR count). The monoisotopic (exact) mass is 320 g/mol. The van der Waals surface area contributed by atoms with E-state index in [-0.39, 0.29) is 17.8 Å². The van der Waals surface area contributed by atoms with Crippen molar-refractivity contribution in [1.29, 1.82) is 0 Å². The van der Waals surface area contributed by atoms with Crippen LogP contribution in [0, 0.1) is 5.82 Å². The van der Waals surface area contributed by atoms with E-state index in [1.54, 1.807) is 12.1 Å². The lowest BCUT2D eigenvalue weighted by Gasteiger charge is -2.34. The minimum Gasteiger partial charge on any atom is -0.378 e. The fourth-order valence-electron chi connectivity index (χ4n) is 3.38. The molecular formula is C18H25FN2O2. The fourth-order valence-corrected chi connectivity index (χ4v) is 3.38. The summed E-state index contributed by atoms with van der Waals surface area (Å²) in [5, 5.41) is 0. The molecule has 1 aromatic rings. The number of nitrogens with two attached hydrogens (primary N) is 1. The largest absolute Gasteiger partial charge is 0.378 e. The summed E-state index contributed by atoms with van der Waals surface area (Å²) in [5.41, 5.74) is 6.02. The van der Waals surface area contributed by atoms with E-state index in [4.69, 9.17) is 10.5 Å². The predicted octanol–water partition coefficient (Wildman–Crippen LogP) is 2.21. The van der Waals surface area contributed by atoms with Crippen LogP contribution in [0.4, 0.5) is 4.39 Å². The molecule has 126 valence electrons. The van der Waals surface area contributed by atoms with E-state index >= 15 is 0 Å². The molecule has 0 unspecified atom stereocenters. The standard InChI is InChI=1S/C18H25FN2O2/c19-15-4-2-14(3-5-15)18(8-9-18)17(22)21-11-6-16(7-12-21)23-13-1-10-20/h2-5,16H,1,6-13,20H2. The normalized spacial score (nSPS) is 20.5. The maximum absolute atomic E-state index is 13.1. The van der Waals surface area contributed by atoms with Crippen LogP contribution in [0.15, 0.2) is 24.3 Å². The van der Waals surface area contributed by atoms with Gasteiger partial charge in [0, 0.05) is 19.7 Å². The van der Waals surface area contributed by atoms with Crippen molar-refractivity contribution in [1.82, 2.24) is 4.90 Å². The first-order valence-corrected chi connectivity index (χ1v) is 8.53. The third kappa shape index (κ3) is 3.56. The summed E-state index contributed by atoms with van der Waals surface area (Å²) >= 11 is 0. The van der Waals surface area contributed by atoms with Gasteiger partial charge in [0.15, 0.2) is 0 Å². The Kier molecular flexibility index (Phi) is 4.97. The van der Waals surface area contributed by atoms with Gasteiger partial charge < -0.3 is 15.4 Å². The number of halogens is 1. The molecule has 0 atom stereocenters. The number of carbonyl (C=O) groups is 1. The lowest BCUT2D eigenvalue weighted by atomic mass is 9.93. The molecule has 0 aromatic heterocycles. The summed E-state index contributed by atoms with van der Waals surface area (Å²) in [6.07, 6.45) is 4.62. The molecule has 23 heavy (non-hydrogen) atoms. The van der Waals surface area contributed by atoms with Gasteiger partial charge in [0.1, 0.15) is 5.82 Å². The Morgan fingerprint density at radius 2 is 1.91 bits per heavy atom. The second-order valence-electron chi connectivity index (χ2n) is 6.59. The quantitative estimate of drug-likeness (QED) is 0.818. The summed E-state index contributed by atoms with van der Waals surface area (Å²) < 4.78 is 18.9. The van der Waals surface area contributed by atoms with Crippen molar-refractivity contribution in [2.75, 3.05) is 26.2 Å². The number of hydrogen-bond donors (Lipinski definition) is 1. The van der Waals surface area contributed by atoms with Crippen LogP contribution in [0.1, 0.15) is 37.7 Å². The highest BCUT2D eigenvalue weighted by atomic mass is 19.1. The van der Waals surface area contributed by atoms with Crippen LogP contribution < -0.4 is 5.73 Å². The molecule has 2 fully saturated rings. The van der Waals surface area contributed by atoms with Crippen LogP contribution in [0.5, 0.6) is 0 Å². The van der Waals surface area contributed by atoms with E-state index in [2.05, 4.69) is 0 Å². The number of piperidine rings is 1. The van der Waals surface area contributed by atoms with Crippen molar-refractivity contribution in [3.63, 3.8) is 0 Å². The summed E-state index contributed by atoms with van der Waals surface area (Å²) in [5.74, 6) is -0.0584. The van der Waals surface area contributed by atoms with E-state index < -0.39 is 5.41 Å². The SMILES string of the molecule is NCCCOC1CCN(C(=O)C2(c3ccc(F)cc3)CC2)CC1. The average Bonchev–Trinajstić information content (AvgIpc) is 3.38. The van der Waals surface area contributed by atoms with Gasteiger partial charge in [-0.3, -0.25) is 4.79 Å². The Morgan fingerprint density at radius 3 is 2.48 bits per heavy atom. The van der Waals surface area contributed by atoms with Gasteiger partial charge in [0.05, 0.1) is 11.5 Å². The highest BCUT2D eigenvalue weighted by Gasteiger charge is 2.53. The minimum atomic E-state index is -0.402. The fraction of sp³-hybridized carbons (Fsp3) is 0.611. The number of carbonyl (C=O) groups excluding carboxylic acids is 1. The van der Waals surface area contributed by atoms with E-state index in [1.807, 2.05) is 4.90 Å². The summed E-state index contributed by atoms with van der Waals surface area (Å²) in [7, 11) is 0. The Morgan fingerprint density at radius 1 is 1.26 bits per heavy atom. The topological polar surface area (TPSA) is 55.6 Å². The van der Waals surface area contributed by atoms with Crippen molar-refractivity contribution < 1.29 is 13.9 Å². The number of benzene rings is 1. The maximum Gasteiger partial charge on any atom is 0.233 e. The zero-order chi connectivity index (χ0) is 16.3. The molecule has 0 bridgehead atoms. The highest BCUT2D eigenvalue weighted by Crippen LogP contribution is 2.49. The zero-order valence-corrected chi connectivity index (χ0v) is 13.5. The van der Waals surface area contributed by atoms with Crippen molar-refractivity contribution >= 4 is 5.91 Å². The summed E-state index contributed by atoms with van der Waals surface area (Å²) in [6.45, 7) is 2.84. The van der Waals surface area contributed by atoms with Gasteiger partial charge in [-0.25, -0.2) is 4.39 Å². The average molecular weight is 320 g/mol. The van der Waals surface area contributed by atoms with Gasteiger partial charge in [0.2, 0.25) is 5.91 Å². The molecule has 1 amide bonds. The van der Waals surface area contributed by atoms with Gasteiger partial charge >= 0.3 is 0 Å². The van der Waals surface area contributed by atoms with Crippen LogP contribution in [0.2, 0.25) is 0 Å². The molecule has 5 heteroatoms. The molecule has 1 aliphatic carbocycles. The first-order valence-electron chi connectivity index (χ1n) is 8.53. The lowest BCUT2D eigenvalue weighted by molar-refractivity contribution is -0.136. The van der Waals surface area contributed by atoms with Crippen molar-refractivity contribution in [3.05, 3.63) is 35.6 Å². The molecule has 0 spiro atoms. The van der Waals surface area contributed by atoms with Gasteiger partial charge in [-0.2, -0.15) is 0 Å². The molecule has 2 aliphatic rings. The van der Waals surface area contributed by atoms with Gasteiger partial charge in [-0.1, -0.05) is 12.1 Å². The van der Waals surface area contributed by atoms with Crippen molar-refractivity contribution in [3.8, 4) is 0 Å². The first kappa shape index (κ1) is 16.4. The summed E-state index contributed by atoms with van der Waals surface area (Å²) in [4.78, 5) is 14.9. The Hall–Kier alpha value is -1.46. The third-order valence-corrected chi connectivity index (χ3v) is 4.99. The molecular weight excluding hydrogens is 295 g/mol. The Balaban J connectivity index is 1.56. The van der Waals surface area contributed by atoms with Crippen LogP contribution in [0.25, 0.3) is 0 Å². The van der Waals surface area contributed by atoms with Crippen LogP contribution in [-0.4, -0.2) is 43.2 Å². The Labute approximate surface area is 136 Å². The van der Waals surface area contributed by atoms with Crippen LogP contribution in [0.3, 0.4) is 0 Å². The predicted molar refractivity (Wildman–Crippen MR) is 86.5 cm³/mol. The lowest BCUT2D eigenvalue weighted by Crippen LogP contribution is -2.45. The highest BCUT2D eigenvalue weighted by molar-refractivity contribution is 5.91. The van der Waals surface area contributed by atoms with Gasteiger partial charge in [0.25, 0.3) is 0 Å². The Bertz CT molecular complexity index is 534. The molecule has 1 saturated heterocycles. The minimum absolute atomic E-state index is 0.199. The van der Waals surface area contributed by atoms with Crippen LogP contribution in [-0.2, 0) is 14.9 Å². The molecule has 1 aromatic carbocycles. The number of hydrogen-bond acceptors (Lipinski definition) is 3. The maximum atomic E-state index is 13.1. The number of rotatable bonds is 6. The second-order valence-corrected chi connectivity index (χ2v) is 6.59. The number of amides is 1. The molecule has 4 nitrogen and oxygen atoms in total. The molecule has 1 saturated carbocycles. The molecule has 2 N–H and O–H groups in total. The first-order chi connectivity index (χ1) is 11.2. The van der Waals surface area contributed by atoms with Crippen molar-refractivity contribution in [2.45, 2.75) is 43.6 Å². The molecule has 1 aliphatic heterocycles. The number of ether oxygens (including phenoxy) is 1. The van der Waals surface area contributed by atoms with Crippen LogP contribution >= 0.6 is 0 Å². The third-order valence-electron chi connectivity index (χ3n) is 4.99. The zero-order valence-electron chi connectivity index (χ0n) is 13.5. The van der Waals surface area contributed by atoms with E-state index in [1.165, 1.54) is 12.1 Å². The molecule has 0 radical (unpaired) electrons. The van der Waals surface area contributed by atoms with E-state index in [0.717, 1.165) is 50.8 Å². The second kappa shape index (κ2) is 6.97. The van der Waals surface area contributed by atoms with E-state index in [9.17, 15) is 9.18 Å².